The lowest BCUT2D eigenvalue weighted by molar-refractivity contribution is 0.204. The number of aryl methyl sites for hydroxylation is 1. The van der Waals surface area contributed by atoms with Gasteiger partial charge in [-0.2, -0.15) is 13.1 Å². The Hall–Kier alpha value is -1.15. The van der Waals surface area contributed by atoms with E-state index in [0.717, 1.165) is 11.1 Å². The van der Waals surface area contributed by atoms with Crippen LogP contribution >= 0.6 is 0 Å². The predicted molar refractivity (Wildman–Crippen MR) is 71.5 cm³/mol. The molecule has 1 rings (SSSR count). The zero-order valence-electron chi connectivity index (χ0n) is 10.6. The lowest BCUT2D eigenvalue weighted by atomic mass is 10.1. The Morgan fingerprint density at radius 2 is 2.11 bits per heavy atom. The SMILES string of the molecule is COCCNS(=O)(=O)Nc1cccc(C)c1CN. The summed E-state index contributed by atoms with van der Waals surface area (Å²) in [6, 6.07) is 5.35. The van der Waals surface area contributed by atoms with Gasteiger partial charge in [0, 0.05) is 20.2 Å². The van der Waals surface area contributed by atoms with E-state index in [9.17, 15) is 8.42 Å². The molecule has 0 bridgehead atoms. The van der Waals surface area contributed by atoms with Crippen molar-refractivity contribution in [2.24, 2.45) is 5.73 Å². The van der Waals surface area contributed by atoms with Crippen LogP contribution in [0.15, 0.2) is 18.2 Å². The lowest BCUT2D eigenvalue weighted by Gasteiger charge is -2.13. The first kappa shape index (κ1) is 14.9. The number of hydrogen-bond acceptors (Lipinski definition) is 4. The van der Waals surface area contributed by atoms with Crippen LogP contribution in [-0.2, 0) is 21.5 Å². The van der Waals surface area contributed by atoms with Crippen LogP contribution in [0.4, 0.5) is 5.69 Å². The van der Waals surface area contributed by atoms with Crippen LogP contribution in [0.25, 0.3) is 0 Å². The molecule has 0 aliphatic rings. The van der Waals surface area contributed by atoms with Crippen molar-refractivity contribution in [2.45, 2.75) is 13.5 Å². The van der Waals surface area contributed by atoms with E-state index in [4.69, 9.17) is 10.5 Å². The first-order valence-corrected chi connectivity index (χ1v) is 7.03. The Bertz CT molecular complexity index is 488. The largest absolute Gasteiger partial charge is 0.383 e. The minimum atomic E-state index is -3.59. The molecule has 0 saturated carbocycles. The van der Waals surface area contributed by atoms with E-state index in [1.807, 2.05) is 13.0 Å². The predicted octanol–water partition coefficient (Wildman–Crippen LogP) is 0.346. The zero-order chi connectivity index (χ0) is 13.6. The summed E-state index contributed by atoms with van der Waals surface area (Å²) in [5.41, 5.74) is 7.86. The van der Waals surface area contributed by atoms with Crippen LogP contribution in [0.5, 0.6) is 0 Å². The Morgan fingerprint density at radius 1 is 1.39 bits per heavy atom. The molecule has 0 atom stereocenters. The van der Waals surface area contributed by atoms with Crippen molar-refractivity contribution in [1.29, 1.82) is 0 Å². The van der Waals surface area contributed by atoms with Gasteiger partial charge in [0.15, 0.2) is 0 Å². The monoisotopic (exact) mass is 273 g/mol. The first-order chi connectivity index (χ1) is 8.50. The van der Waals surface area contributed by atoms with E-state index >= 15 is 0 Å². The molecular formula is C11H19N3O3S. The van der Waals surface area contributed by atoms with Crippen LogP contribution < -0.4 is 15.2 Å². The van der Waals surface area contributed by atoms with Gasteiger partial charge in [0.2, 0.25) is 0 Å². The smallest absolute Gasteiger partial charge is 0.299 e. The molecule has 18 heavy (non-hydrogen) atoms. The van der Waals surface area contributed by atoms with Crippen molar-refractivity contribution in [3.63, 3.8) is 0 Å². The van der Waals surface area contributed by atoms with Crippen molar-refractivity contribution >= 4 is 15.9 Å². The number of rotatable bonds is 7. The standard InChI is InChI=1S/C11H19N3O3S/c1-9-4-3-5-11(10(9)8-12)14-18(15,16)13-6-7-17-2/h3-5,13-14H,6-8,12H2,1-2H3. The molecule has 0 radical (unpaired) electrons. The molecule has 7 heteroatoms. The van der Waals surface area contributed by atoms with Crippen molar-refractivity contribution in [1.82, 2.24) is 4.72 Å². The van der Waals surface area contributed by atoms with Gasteiger partial charge in [-0.3, -0.25) is 4.72 Å². The third-order valence-electron chi connectivity index (χ3n) is 2.46. The molecule has 0 aliphatic carbocycles. The summed E-state index contributed by atoms with van der Waals surface area (Å²) < 4.78 is 33.1. The molecule has 0 aromatic heterocycles. The molecule has 1 aromatic rings. The molecular weight excluding hydrogens is 254 g/mol. The summed E-state index contributed by atoms with van der Waals surface area (Å²) in [4.78, 5) is 0. The maximum absolute atomic E-state index is 11.7. The average molecular weight is 273 g/mol. The van der Waals surface area contributed by atoms with Gasteiger partial charge in [-0.25, -0.2) is 0 Å². The number of benzene rings is 1. The van der Waals surface area contributed by atoms with Crippen LogP contribution in [0.3, 0.4) is 0 Å². The van der Waals surface area contributed by atoms with Gasteiger partial charge in [0.25, 0.3) is 10.2 Å². The third kappa shape index (κ3) is 4.26. The van der Waals surface area contributed by atoms with Crippen molar-refractivity contribution in [3.8, 4) is 0 Å². The third-order valence-corrected chi connectivity index (χ3v) is 3.53. The number of ether oxygens (including phenoxy) is 1. The highest BCUT2D eigenvalue weighted by molar-refractivity contribution is 7.90. The molecule has 0 unspecified atom stereocenters. The number of nitrogens with two attached hydrogens (primary N) is 1. The van der Waals surface area contributed by atoms with Gasteiger partial charge < -0.3 is 10.5 Å². The van der Waals surface area contributed by atoms with E-state index in [1.165, 1.54) is 7.11 Å². The average Bonchev–Trinajstić information content (AvgIpc) is 2.29. The van der Waals surface area contributed by atoms with Crippen LogP contribution in [-0.4, -0.2) is 28.7 Å². The van der Waals surface area contributed by atoms with Gasteiger partial charge in [-0.15, -0.1) is 0 Å². The Labute approximate surface area is 108 Å². The van der Waals surface area contributed by atoms with Crippen molar-refractivity contribution < 1.29 is 13.2 Å². The molecule has 102 valence electrons. The van der Waals surface area contributed by atoms with E-state index in [1.54, 1.807) is 12.1 Å². The highest BCUT2D eigenvalue weighted by atomic mass is 32.2. The molecule has 0 spiro atoms. The Balaban J connectivity index is 2.81. The Morgan fingerprint density at radius 3 is 2.72 bits per heavy atom. The minimum absolute atomic E-state index is 0.218. The number of nitrogens with one attached hydrogen (secondary N) is 2. The molecule has 0 fully saturated rings. The number of methoxy groups -OCH3 is 1. The molecule has 0 heterocycles. The molecule has 0 amide bonds. The normalized spacial score (nSPS) is 11.5. The Kier molecular flexibility index (Phi) is 5.54. The highest BCUT2D eigenvalue weighted by Gasteiger charge is 2.12. The second-order valence-corrected chi connectivity index (χ2v) is 5.30. The fraction of sp³-hybridized carbons (Fsp3) is 0.455. The molecule has 0 saturated heterocycles. The summed E-state index contributed by atoms with van der Waals surface area (Å²) in [7, 11) is -2.08. The fourth-order valence-corrected chi connectivity index (χ4v) is 2.43. The van der Waals surface area contributed by atoms with Gasteiger partial charge in [0.05, 0.1) is 12.3 Å². The first-order valence-electron chi connectivity index (χ1n) is 5.55. The quantitative estimate of drug-likeness (QED) is 0.625. The molecule has 6 nitrogen and oxygen atoms in total. The number of hydrogen-bond donors (Lipinski definition) is 3. The molecule has 0 aliphatic heterocycles. The van der Waals surface area contributed by atoms with E-state index in [0.29, 0.717) is 12.3 Å². The van der Waals surface area contributed by atoms with E-state index in [2.05, 4.69) is 9.44 Å². The van der Waals surface area contributed by atoms with Crippen LogP contribution in [0.2, 0.25) is 0 Å². The summed E-state index contributed by atoms with van der Waals surface area (Å²) in [6.45, 7) is 2.70. The lowest BCUT2D eigenvalue weighted by Crippen LogP contribution is -2.33. The summed E-state index contributed by atoms with van der Waals surface area (Å²) in [5, 5.41) is 0. The van der Waals surface area contributed by atoms with Gasteiger partial charge >= 0.3 is 0 Å². The number of anilines is 1. The van der Waals surface area contributed by atoms with Crippen LogP contribution in [0, 0.1) is 6.92 Å². The minimum Gasteiger partial charge on any atom is -0.383 e. The van der Waals surface area contributed by atoms with E-state index < -0.39 is 10.2 Å². The molecule has 4 N–H and O–H groups in total. The maximum Gasteiger partial charge on any atom is 0.299 e. The van der Waals surface area contributed by atoms with Crippen molar-refractivity contribution in [3.05, 3.63) is 29.3 Å². The summed E-state index contributed by atoms with van der Waals surface area (Å²) >= 11 is 0. The highest BCUT2D eigenvalue weighted by Crippen LogP contribution is 2.19. The van der Waals surface area contributed by atoms with Gasteiger partial charge in [-0.05, 0) is 24.1 Å². The van der Waals surface area contributed by atoms with E-state index in [-0.39, 0.29) is 13.1 Å². The van der Waals surface area contributed by atoms with Crippen molar-refractivity contribution in [2.75, 3.05) is 25.0 Å². The second kappa shape index (κ2) is 6.69. The van der Waals surface area contributed by atoms with Crippen LogP contribution in [0.1, 0.15) is 11.1 Å². The fourth-order valence-electron chi connectivity index (χ4n) is 1.53. The summed E-state index contributed by atoms with van der Waals surface area (Å²) in [6.07, 6.45) is 0. The topological polar surface area (TPSA) is 93.4 Å². The summed E-state index contributed by atoms with van der Waals surface area (Å²) in [5.74, 6) is 0. The van der Waals surface area contributed by atoms with Gasteiger partial charge in [0.1, 0.15) is 0 Å². The second-order valence-electron chi connectivity index (χ2n) is 3.80. The molecule has 1 aromatic carbocycles. The van der Waals surface area contributed by atoms with Gasteiger partial charge in [-0.1, -0.05) is 12.1 Å². The maximum atomic E-state index is 11.7. The zero-order valence-corrected chi connectivity index (χ0v) is 11.4.